The van der Waals surface area contributed by atoms with Crippen LogP contribution >= 0.6 is 23.2 Å². The Labute approximate surface area is 335 Å². The number of carbonyl (C=O) groups is 1. The van der Waals surface area contributed by atoms with Crippen LogP contribution in [0.4, 0.5) is 4.79 Å². The molecule has 6 rings (SSSR count). The van der Waals surface area contributed by atoms with E-state index in [0.29, 0.717) is 30.1 Å². The van der Waals surface area contributed by atoms with Crippen molar-refractivity contribution in [1.82, 2.24) is 29.6 Å². The summed E-state index contributed by atoms with van der Waals surface area (Å²) in [6.07, 6.45) is 4.12. The Kier molecular flexibility index (Phi) is 13.3. The molecular weight excluding hydrogens is 755 g/mol. The summed E-state index contributed by atoms with van der Waals surface area (Å²) >= 11 is 12.7. The number of carbonyl (C=O) groups excluding carboxylic acids is 1. The van der Waals surface area contributed by atoms with Crippen molar-refractivity contribution in [2.24, 2.45) is 0 Å². The van der Waals surface area contributed by atoms with Gasteiger partial charge in [0.15, 0.2) is 0 Å². The first-order chi connectivity index (χ1) is 26.2. The Morgan fingerprint density at radius 1 is 0.927 bits per heavy atom. The Morgan fingerprint density at radius 2 is 1.60 bits per heavy atom. The average molecular weight is 806 g/mol. The first-order valence-electron chi connectivity index (χ1n) is 18.8. The fraction of sp³-hybridized carbons (Fsp3) is 0.429. The van der Waals surface area contributed by atoms with Gasteiger partial charge in [0.2, 0.25) is 10.0 Å². The molecule has 0 saturated carbocycles. The molecule has 2 aliphatic rings. The number of aryl methyl sites for hydroxylation is 1. The van der Waals surface area contributed by atoms with Crippen molar-refractivity contribution in [3.63, 3.8) is 0 Å². The second kappa shape index (κ2) is 17.9. The van der Waals surface area contributed by atoms with Gasteiger partial charge >= 0.3 is 6.09 Å². The Bertz CT molecular complexity index is 2130. The molecule has 3 aromatic carbocycles. The quantitative estimate of drug-likeness (QED) is 0.154. The normalized spacial score (nSPS) is 15.6. The van der Waals surface area contributed by atoms with Gasteiger partial charge < -0.3 is 20.3 Å². The predicted molar refractivity (Wildman–Crippen MR) is 219 cm³/mol. The maximum absolute atomic E-state index is 12.6. The highest BCUT2D eigenvalue weighted by molar-refractivity contribution is 7.88. The van der Waals surface area contributed by atoms with Crippen molar-refractivity contribution >= 4 is 39.3 Å². The molecule has 292 valence electrons. The standard InChI is InChI=1S/C42H50Cl2N6O4S/c1-42(2,3)54-41(51)46-36-18-23-48(24-19-36)21-5-22-50-39-20-25-49(55(4,52)53)29-37(39)40(47-50)34-14-17-38(44)33(26-34)13-10-30-6-8-31(9-7-30)27-45-28-32-11-15-35(43)16-12-32/h6-9,11-12,14-17,26,36,45H,5,18-25,27-29H2,1-4H3,(H,46,51). The number of rotatable bonds is 11. The molecule has 1 saturated heterocycles. The smallest absolute Gasteiger partial charge is 0.407 e. The largest absolute Gasteiger partial charge is 0.444 e. The lowest BCUT2D eigenvalue weighted by Gasteiger charge is -2.32. The van der Waals surface area contributed by atoms with E-state index >= 15 is 0 Å². The lowest BCUT2D eigenvalue weighted by Crippen LogP contribution is -2.46. The van der Waals surface area contributed by atoms with E-state index in [0.717, 1.165) is 90.7 Å². The van der Waals surface area contributed by atoms with Crippen LogP contribution in [0, 0.1) is 11.8 Å². The summed E-state index contributed by atoms with van der Waals surface area (Å²) in [7, 11) is -3.38. The topological polar surface area (TPSA) is 109 Å². The van der Waals surface area contributed by atoms with Crippen LogP contribution < -0.4 is 10.6 Å². The molecule has 2 N–H and O–H groups in total. The van der Waals surface area contributed by atoms with Crippen molar-refractivity contribution in [3.05, 3.63) is 110 Å². The molecule has 1 fully saturated rings. The van der Waals surface area contributed by atoms with Gasteiger partial charge in [-0.25, -0.2) is 13.2 Å². The van der Waals surface area contributed by atoms with Crippen LogP contribution in [0.15, 0.2) is 66.7 Å². The molecule has 2 aliphatic heterocycles. The van der Waals surface area contributed by atoms with Crippen LogP contribution in [-0.4, -0.2) is 77.6 Å². The molecule has 4 aromatic rings. The zero-order valence-electron chi connectivity index (χ0n) is 32.0. The number of ether oxygens (including phenoxy) is 1. The molecule has 1 aromatic heterocycles. The van der Waals surface area contributed by atoms with Crippen LogP contribution in [0.2, 0.25) is 10.0 Å². The lowest BCUT2D eigenvalue weighted by atomic mass is 10.0. The summed E-state index contributed by atoms with van der Waals surface area (Å²) in [5.74, 6) is 6.51. The fourth-order valence-corrected chi connectivity index (χ4v) is 8.03. The number of nitrogens with one attached hydrogen (secondary N) is 2. The number of sulfonamides is 1. The molecule has 1 amide bonds. The Morgan fingerprint density at radius 3 is 2.25 bits per heavy atom. The minimum atomic E-state index is -3.38. The lowest BCUT2D eigenvalue weighted by molar-refractivity contribution is 0.0478. The summed E-state index contributed by atoms with van der Waals surface area (Å²) in [6.45, 7) is 11.2. The number of aromatic nitrogens is 2. The molecule has 0 aliphatic carbocycles. The molecule has 0 spiro atoms. The number of alkyl carbamates (subject to hydrolysis) is 1. The first kappa shape index (κ1) is 40.8. The summed E-state index contributed by atoms with van der Waals surface area (Å²) < 4.78 is 34.3. The number of amides is 1. The molecule has 10 nitrogen and oxygen atoms in total. The third-order valence-corrected chi connectivity index (χ3v) is 11.7. The number of halogens is 2. The van der Waals surface area contributed by atoms with E-state index in [1.165, 1.54) is 16.1 Å². The molecule has 13 heteroatoms. The fourth-order valence-electron chi connectivity index (χ4n) is 6.95. The number of piperidine rings is 1. The van der Waals surface area contributed by atoms with Crippen LogP contribution in [-0.2, 0) is 47.4 Å². The van der Waals surface area contributed by atoms with Crippen LogP contribution in [0.1, 0.15) is 73.5 Å². The monoisotopic (exact) mass is 804 g/mol. The summed E-state index contributed by atoms with van der Waals surface area (Å²) in [5.41, 5.74) is 6.95. The predicted octanol–water partition coefficient (Wildman–Crippen LogP) is 7.24. The first-order valence-corrected chi connectivity index (χ1v) is 21.4. The maximum Gasteiger partial charge on any atom is 0.407 e. The van der Waals surface area contributed by atoms with Gasteiger partial charge in [0.1, 0.15) is 5.60 Å². The van der Waals surface area contributed by atoms with Crippen molar-refractivity contribution < 1.29 is 17.9 Å². The molecule has 0 unspecified atom stereocenters. The van der Waals surface area contributed by atoms with Crippen molar-refractivity contribution in [2.75, 3.05) is 32.4 Å². The van der Waals surface area contributed by atoms with Crippen molar-refractivity contribution in [2.45, 2.75) is 84.3 Å². The zero-order valence-corrected chi connectivity index (χ0v) is 34.3. The van der Waals surface area contributed by atoms with E-state index < -0.39 is 15.6 Å². The number of fused-ring (bicyclic) bond motifs is 1. The summed E-state index contributed by atoms with van der Waals surface area (Å²) in [4.78, 5) is 14.7. The molecule has 55 heavy (non-hydrogen) atoms. The van der Waals surface area contributed by atoms with E-state index in [-0.39, 0.29) is 18.7 Å². The summed E-state index contributed by atoms with van der Waals surface area (Å²) in [6, 6.07) is 21.8. The number of hydrogen-bond acceptors (Lipinski definition) is 7. The third kappa shape index (κ3) is 11.6. The van der Waals surface area contributed by atoms with Crippen LogP contribution in [0.5, 0.6) is 0 Å². The van der Waals surface area contributed by atoms with E-state index in [2.05, 4.69) is 44.2 Å². The zero-order chi connectivity index (χ0) is 39.2. The number of hydrogen-bond donors (Lipinski definition) is 2. The van der Waals surface area contributed by atoms with E-state index in [9.17, 15) is 13.2 Å². The van der Waals surface area contributed by atoms with Gasteiger partial charge in [-0.15, -0.1) is 0 Å². The highest BCUT2D eigenvalue weighted by Crippen LogP contribution is 2.33. The highest BCUT2D eigenvalue weighted by Gasteiger charge is 2.30. The minimum Gasteiger partial charge on any atom is -0.444 e. The second-order valence-electron chi connectivity index (χ2n) is 15.3. The molecule has 0 atom stereocenters. The van der Waals surface area contributed by atoms with Gasteiger partial charge in [-0.2, -0.15) is 9.40 Å². The molecule has 0 radical (unpaired) electrons. The average Bonchev–Trinajstić information content (AvgIpc) is 3.50. The van der Waals surface area contributed by atoms with Gasteiger partial charge in [0.25, 0.3) is 0 Å². The van der Waals surface area contributed by atoms with Gasteiger partial charge in [0, 0.05) is 91.2 Å². The molecular formula is C42H50Cl2N6O4S. The summed E-state index contributed by atoms with van der Waals surface area (Å²) in [5, 5.41) is 12.8. The van der Waals surface area contributed by atoms with Crippen molar-refractivity contribution in [1.29, 1.82) is 0 Å². The SMILES string of the molecule is CC(C)(C)OC(=O)NC1CCN(CCCn2nc(-c3ccc(Cl)c(C#Cc4ccc(CNCc5ccc(Cl)cc5)cc4)c3)c3c2CCN(S(C)(=O)=O)C3)CC1. The van der Waals surface area contributed by atoms with E-state index in [1.54, 1.807) is 0 Å². The van der Waals surface area contributed by atoms with Crippen LogP contribution in [0.3, 0.4) is 0 Å². The number of nitrogens with zero attached hydrogens (tertiary/aromatic N) is 4. The van der Waals surface area contributed by atoms with Gasteiger partial charge in [-0.1, -0.05) is 65.4 Å². The number of likely N-dealkylation sites (tertiary alicyclic amines) is 1. The Hall–Kier alpha value is -3.89. The van der Waals surface area contributed by atoms with Crippen molar-refractivity contribution in [3.8, 4) is 23.1 Å². The van der Waals surface area contributed by atoms with Gasteiger partial charge in [-0.05, 0) is 94.1 Å². The van der Waals surface area contributed by atoms with Gasteiger partial charge in [-0.3, -0.25) is 4.68 Å². The maximum atomic E-state index is 12.6. The second-order valence-corrected chi connectivity index (χ2v) is 18.2. The highest BCUT2D eigenvalue weighted by atomic mass is 35.5. The van der Waals surface area contributed by atoms with Crippen LogP contribution in [0.25, 0.3) is 11.3 Å². The van der Waals surface area contributed by atoms with E-state index in [4.69, 9.17) is 33.0 Å². The third-order valence-electron chi connectivity index (χ3n) is 9.83. The molecule has 3 heterocycles. The Balaban J connectivity index is 1.11. The van der Waals surface area contributed by atoms with Gasteiger partial charge in [0.05, 0.1) is 17.0 Å². The minimum absolute atomic E-state index is 0.110. The molecule has 0 bridgehead atoms. The van der Waals surface area contributed by atoms with E-state index in [1.807, 2.05) is 75.4 Å². The number of benzene rings is 3.